The first kappa shape index (κ1) is 28.4. The zero-order valence-corrected chi connectivity index (χ0v) is 21.4. The topological polar surface area (TPSA) is 52.7 Å². The Hall–Kier alpha value is -3.15. The van der Waals surface area contributed by atoms with Crippen LogP contribution in [0, 0.1) is 11.7 Å². The summed E-state index contributed by atoms with van der Waals surface area (Å²) < 4.78 is 94.0. The van der Waals surface area contributed by atoms with Crippen molar-refractivity contribution in [3.8, 4) is 0 Å². The Morgan fingerprint density at radius 1 is 0.800 bits per heavy atom. The highest BCUT2D eigenvalue weighted by molar-refractivity contribution is 5.95. The second kappa shape index (κ2) is 10.7. The highest BCUT2D eigenvalue weighted by Gasteiger charge is 2.42. The van der Waals surface area contributed by atoms with Gasteiger partial charge in [0.05, 0.1) is 11.1 Å². The number of hydrogen-bond donors (Lipinski definition) is 1. The summed E-state index contributed by atoms with van der Waals surface area (Å²) in [6.07, 6.45) is -7.22. The fourth-order valence-corrected chi connectivity index (χ4v) is 5.73. The zero-order chi connectivity index (χ0) is 28.8. The highest BCUT2D eigenvalue weighted by Crippen LogP contribution is 2.38. The molecule has 0 aromatic heterocycles. The average molecular weight is 572 g/mol. The Morgan fingerprint density at radius 2 is 1.43 bits per heavy atom. The number of nitrogens with one attached hydrogen (secondary N) is 1. The van der Waals surface area contributed by atoms with E-state index in [9.17, 15) is 40.3 Å². The Labute approximate surface area is 226 Å². The first-order chi connectivity index (χ1) is 18.8. The maximum Gasteiger partial charge on any atom is 0.416 e. The minimum absolute atomic E-state index is 0.00384. The molecule has 1 saturated carbocycles. The molecule has 2 aromatic rings. The van der Waals surface area contributed by atoms with Crippen molar-refractivity contribution in [1.29, 1.82) is 0 Å². The van der Waals surface area contributed by atoms with Crippen molar-refractivity contribution < 1.29 is 40.3 Å². The number of amides is 2. The van der Waals surface area contributed by atoms with Crippen LogP contribution in [-0.2, 0) is 17.1 Å². The normalized spacial score (nSPS) is 24.3. The Balaban J connectivity index is 1.38. The molecule has 12 heteroatoms. The third kappa shape index (κ3) is 6.26. The van der Waals surface area contributed by atoms with Gasteiger partial charge in [-0.3, -0.25) is 14.5 Å². The van der Waals surface area contributed by atoms with Crippen molar-refractivity contribution in [3.05, 3.63) is 70.5 Å². The van der Waals surface area contributed by atoms with E-state index in [1.807, 2.05) is 0 Å². The fraction of sp³-hybridized carbons (Fsp3) is 0.500. The van der Waals surface area contributed by atoms with Gasteiger partial charge in [-0.05, 0) is 61.6 Å². The average Bonchev–Trinajstić information content (AvgIpc) is 3.66. The lowest BCUT2D eigenvalue weighted by Crippen LogP contribution is -2.51. The smallest absolute Gasteiger partial charge is 0.352 e. The molecule has 0 radical (unpaired) electrons. The molecule has 0 bridgehead atoms. The third-order valence-electron chi connectivity index (χ3n) is 7.98. The van der Waals surface area contributed by atoms with E-state index in [-0.39, 0.29) is 49.0 Å². The van der Waals surface area contributed by atoms with Gasteiger partial charge in [-0.1, -0.05) is 12.1 Å². The van der Waals surface area contributed by atoms with Gasteiger partial charge in [0.25, 0.3) is 5.91 Å². The maximum absolute atomic E-state index is 13.7. The van der Waals surface area contributed by atoms with Crippen molar-refractivity contribution in [2.45, 2.75) is 56.0 Å². The molecular formula is C28H28F7N3O2. The molecule has 40 heavy (non-hydrogen) atoms. The Kier molecular flexibility index (Phi) is 7.58. The minimum Gasteiger partial charge on any atom is -0.352 e. The molecule has 1 aliphatic carbocycles. The summed E-state index contributed by atoms with van der Waals surface area (Å²) >= 11 is 0. The number of alkyl halides is 6. The van der Waals surface area contributed by atoms with Crippen molar-refractivity contribution in [2.75, 3.05) is 26.2 Å². The summed E-state index contributed by atoms with van der Waals surface area (Å²) in [6.45, 7) is 1.41. The van der Waals surface area contributed by atoms with E-state index in [2.05, 4.69) is 10.2 Å². The van der Waals surface area contributed by atoms with Gasteiger partial charge in [-0.2, -0.15) is 26.3 Å². The second-order valence-electron chi connectivity index (χ2n) is 10.8. The standard InChI is InChI=1S/C28H28F7N3O2/c29-21-5-3-16(4-6-21)23-15-38(10-8-24(23)37-9-7-22(14-37)36-25(39)17-1-2-17)26(40)18-11-19(27(30,31)32)13-20(12-18)28(33,34)35/h3-6,11-13,17,22-24H,1-2,7-10,14-15H2,(H,36,39). The Bertz CT molecular complexity index is 1230. The van der Waals surface area contributed by atoms with Crippen LogP contribution >= 0.6 is 0 Å². The third-order valence-corrected chi connectivity index (χ3v) is 7.98. The van der Waals surface area contributed by atoms with Crippen LogP contribution in [0.25, 0.3) is 0 Å². The number of piperidine rings is 1. The van der Waals surface area contributed by atoms with Crippen molar-refractivity contribution in [3.63, 3.8) is 0 Å². The number of nitrogens with zero attached hydrogens (tertiary/aromatic N) is 2. The highest BCUT2D eigenvalue weighted by atomic mass is 19.4. The van der Waals surface area contributed by atoms with E-state index in [4.69, 9.17) is 0 Å². The van der Waals surface area contributed by atoms with Gasteiger partial charge in [0.2, 0.25) is 5.91 Å². The minimum atomic E-state index is -5.07. The van der Waals surface area contributed by atoms with Crippen molar-refractivity contribution in [2.24, 2.45) is 5.92 Å². The number of rotatable bonds is 5. The van der Waals surface area contributed by atoms with Crippen LogP contribution < -0.4 is 5.32 Å². The molecule has 3 unspecified atom stereocenters. The first-order valence-electron chi connectivity index (χ1n) is 13.2. The van der Waals surface area contributed by atoms with E-state index in [0.29, 0.717) is 37.2 Å². The largest absolute Gasteiger partial charge is 0.416 e. The van der Waals surface area contributed by atoms with Crippen molar-refractivity contribution >= 4 is 11.8 Å². The SMILES string of the molecule is O=C(NC1CCN(C2CCN(C(=O)c3cc(C(F)(F)F)cc(C(F)(F)F)c3)CC2c2ccc(F)cc2)C1)C1CC1. The van der Waals surface area contributed by atoms with Gasteiger partial charge in [0, 0.05) is 55.7 Å². The molecule has 1 N–H and O–H groups in total. The van der Waals surface area contributed by atoms with Crippen LogP contribution in [0.15, 0.2) is 42.5 Å². The first-order valence-corrected chi connectivity index (χ1v) is 13.2. The predicted octanol–water partition coefficient (Wildman–Crippen LogP) is 5.46. The quantitative estimate of drug-likeness (QED) is 0.485. The monoisotopic (exact) mass is 571 g/mol. The van der Waals surface area contributed by atoms with E-state index >= 15 is 0 Å². The predicted molar refractivity (Wildman–Crippen MR) is 131 cm³/mol. The lowest BCUT2D eigenvalue weighted by molar-refractivity contribution is -0.143. The van der Waals surface area contributed by atoms with E-state index < -0.39 is 40.8 Å². The molecule has 216 valence electrons. The molecule has 3 atom stereocenters. The van der Waals surface area contributed by atoms with Crippen LogP contribution in [0.3, 0.4) is 0 Å². The number of carbonyl (C=O) groups is 2. The van der Waals surface area contributed by atoms with Gasteiger partial charge in [-0.15, -0.1) is 0 Å². The van der Waals surface area contributed by atoms with Crippen LogP contribution in [0.5, 0.6) is 0 Å². The zero-order valence-electron chi connectivity index (χ0n) is 21.4. The van der Waals surface area contributed by atoms with Crippen LogP contribution in [0.4, 0.5) is 30.7 Å². The summed E-state index contributed by atoms with van der Waals surface area (Å²) in [5.41, 5.74) is -3.09. The summed E-state index contributed by atoms with van der Waals surface area (Å²) in [4.78, 5) is 29.0. The van der Waals surface area contributed by atoms with Crippen molar-refractivity contribution in [1.82, 2.24) is 15.1 Å². The molecule has 2 saturated heterocycles. The van der Waals surface area contributed by atoms with Gasteiger partial charge in [0.1, 0.15) is 5.82 Å². The number of hydrogen-bond acceptors (Lipinski definition) is 3. The van der Waals surface area contributed by atoms with E-state index in [1.165, 1.54) is 17.0 Å². The summed E-state index contributed by atoms with van der Waals surface area (Å²) in [5.74, 6) is -1.65. The van der Waals surface area contributed by atoms with Crippen LogP contribution in [0.2, 0.25) is 0 Å². The van der Waals surface area contributed by atoms with Gasteiger partial charge in [0.15, 0.2) is 0 Å². The second-order valence-corrected chi connectivity index (χ2v) is 10.8. The number of halogens is 7. The molecule has 2 amide bonds. The molecule has 2 heterocycles. The number of carbonyl (C=O) groups excluding carboxylic acids is 2. The van der Waals surface area contributed by atoms with E-state index in [0.717, 1.165) is 19.3 Å². The van der Waals surface area contributed by atoms with Gasteiger partial charge >= 0.3 is 12.4 Å². The summed E-state index contributed by atoms with van der Waals surface area (Å²) in [7, 11) is 0. The number of benzene rings is 2. The molecule has 2 aromatic carbocycles. The maximum atomic E-state index is 13.7. The molecule has 3 aliphatic rings. The summed E-state index contributed by atoms with van der Waals surface area (Å²) in [6, 6.07) is 6.45. The number of likely N-dealkylation sites (tertiary alicyclic amines) is 2. The van der Waals surface area contributed by atoms with Crippen LogP contribution in [-0.4, -0.2) is 59.9 Å². The molecule has 2 aliphatic heterocycles. The Morgan fingerprint density at radius 3 is 2.00 bits per heavy atom. The molecule has 5 nitrogen and oxygen atoms in total. The molecule has 0 spiro atoms. The molecule has 5 rings (SSSR count). The van der Waals surface area contributed by atoms with Gasteiger partial charge < -0.3 is 10.2 Å². The van der Waals surface area contributed by atoms with Crippen LogP contribution in [0.1, 0.15) is 58.6 Å². The fourth-order valence-electron chi connectivity index (χ4n) is 5.73. The molecular weight excluding hydrogens is 543 g/mol. The summed E-state index contributed by atoms with van der Waals surface area (Å²) in [5, 5.41) is 3.08. The van der Waals surface area contributed by atoms with E-state index in [1.54, 1.807) is 12.1 Å². The lowest BCUT2D eigenvalue weighted by atomic mass is 9.84. The molecule has 3 fully saturated rings. The van der Waals surface area contributed by atoms with Gasteiger partial charge in [-0.25, -0.2) is 4.39 Å². The lowest BCUT2D eigenvalue weighted by Gasteiger charge is -2.43.